The molecule has 1 heterocycles. The van der Waals surface area contributed by atoms with Crippen molar-refractivity contribution in [3.05, 3.63) is 0 Å². The van der Waals surface area contributed by atoms with Crippen LogP contribution < -0.4 is 11.1 Å². The molecular weight excluding hydrogens is 260 g/mol. The molecule has 0 amide bonds. The summed E-state index contributed by atoms with van der Waals surface area (Å²) in [5.41, 5.74) is 5.74. The van der Waals surface area contributed by atoms with Crippen LogP contribution in [0.15, 0.2) is 4.99 Å². The quantitative estimate of drug-likeness (QED) is 0.282. The molecule has 1 aliphatic heterocycles. The highest BCUT2D eigenvalue weighted by atomic mass is 16.5. The molecule has 3 N–H and O–H groups in total. The summed E-state index contributed by atoms with van der Waals surface area (Å²) in [5.74, 6) is -0.162. The molecule has 0 aromatic heterocycles. The summed E-state index contributed by atoms with van der Waals surface area (Å²) in [7, 11) is 1.37. The van der Waals surface area contributed by atoms with E-state index >= 15 is 0 Å². The summed E-state index contributed by atoms with van der Waals surface area (Å²) in [6.45, 7) is 7.56. The maximum absolute atomic E-state index is 11.2. The van der Waals surface area contributed by atoms with Crippen molar-refractivity contribution >= 4 is 11.9 Å². The van der Waals surface area contributed by atoms with Crippen LogP contribution >= 0.6 is 0 Å². The van der Waals surface area contributed by atoms with Crippen molar-refractivity contribution in [3.63, 3.8) is 0 Å². The fourth-order valence-corrected chi connectivity index (χ4v) is 1.91. The van der Waals surface area contributed by atoms with Gasteiger partial charge in [0.1, 0.15) is 0 Å². The molecule has 1 aliphatic rings. The number of nitrogens with zero attached hydrogens (tertiary/aromatic N) is 2. The van der Waals surface area contributed by atoms with Gasteiger partial charge in [-0.05, 0) is 13.0 Å². The number of hydrogen-bond acceptors (Lipinski definition) is 5. The van der Waals surface area contributed by atoms with E-state index in [9.17, 15) is 4.79 Å². The number of nitrogens with one attached hydrogen (secondary N) is 1. The second kappa shape index (κ2) is 9.55. The number of methoxy groups -OCH3 is 1. The Kier molecular flexibility index (Phi) is 7.98. The Morgan fingerprint density at radius 2 is 2.20 bits per heavy atom. The second-order valence-corrected chi connectivity index (χ2v) is 4.88. The van der Waals surface area contributed by atoms with E-state index in [1.807, 2.05) is 0 Å². The Balaban J connectivity index is 2.09. The molecule has 0 aromatic rings. The van der Waals surface area contributed by atoms with Crippen LogP contribution in [-0.2, 0) is 14.3 Å². The third-order valence-electron chi connectivity index (χ3n) is 3.20. The molecule has 0 saturated carbocycles. The lowest BCUT2D eigenvalue weighted by Crippen LogP contribution is -2.39. The van der Waals surface area contributed by atoms with Gasteiger partial charge in [-0.25, -0.2) is 0 Å². The Morgan fingerprint density at radius 1 is 1.50 bits per heavy atom. The van der Waals surface area contributed by atoms with Crippen molar-refractivity contribution < 1.29 is 14.3 Å². The molecule has 20 heavy (non-hydrogen) atoms. The predicted molar refractivity (Wildman–Crippen MR) is 77.5 cm³/mol. The van der Waals surface area contributed by atoms with Crippen LogP contribution in [0.25, 0.3) is 0 Å². The molecule has 1 unspecified atom stereocenters. The normalized spacial score (nSPS) is 18.6. The van der Waals surface area contributed by atoms with E-state index in [0.29, 0.717) is 12.5 Å². The van der Waals surface area contributed by atoms with Gasteiger partial charge in [-0.3, -0.25) is 14.7 Å². The molecule has 116 valence electrons. The van der Waals surface area contributed by atoms with Crippen molar-refractivity contribution in [1.82, 2.24) is 10.2 Å². The Morgan fingerprint density at radius 3 is 2.85 bits per heavy atom. The first-order chi connectivity index (χ1) is 9.63. The minimum absolute atomic E-state index is 0.270. The molecule has 0 aliphatic carbocycles. The first kappa shape index (κ1) is 16.7. The summed E-state index contributed by atoms with van der Waals surface area (Å²) in [6, 6.07) is 0. The number of ether oxygens (including phenoxy) is 2. The molecule has 1 rings (SSSR count). The van der Waals surface area contributed by atoms with E-state index in [2.05, 4.69) is 19.9 Å². The lowest BCUT2D eigenvalue weighted by atomic mass is 10.2. The van der Waals surface area contributed by atoms with Gasteiger partial charge in [-0.15, -0.1) is 0 Å². The number of morpholine rings is 1. The van der Waals surface area contributed by atoms with Crippen LogP contribution in [0, 0.1) is 5.92 Å². The Hall–Kier alpha value is -1.34. The van der Waals surface area contributed by atoms with E-state index in [4.69, 9.17) is 10.5 Å². The van der Waals surface area contributed by atoms with Crippen LogP contribution in [0.1, 0.15) is 13.3 Å². The van der Waals surface area contributed by atoms with Gasteiger partial charge in [0.25, 0.3) is 0 Å². The summed E-state index contributed by atoms with van der Waals surface area (Å²) < 4.78 is 9.92. The highest BCUT2D eigenvalue weighted by Crippen LogP contribution is 1.98. The van der Waals surface area contributed by atoms with Crippen molar-refractivity contribution in [2.45, 2.75) is 13.3 Å². The van der Waals surface area contributed by atoms with Gasteiger partial charge in [0.05, 0.1) is 32.8 Å². The SMILES string of the molecule is COC(=O)C(C)CN=C(N)NCCCN1CCOCC1. The highest BCUT2D eigenvalue weighted by Gasteiger charge is 2.12. The fourth-order valence-electron chi connectivity index (χ4n) is 1.91. The average molecular weight is 286 g/mol. The molecular formula is C13H26N4O3. The number of carbonyl (C=O) groups is 1. The third-order valence-corrected chi connectivity index (χ3v) is 3.20. The Labute approximate surface area is 120 Å². The predicted octanol–water partition coefficient (Wildman–Crippen LogP) is -0.578. The van der Waals surface area contributed by atoms with Crippen molar-refractivity contribution in [3.8, 4) is 0 Å². The third kappa shape index (κ3) is 6.72. The van der Waals surface area contributed by atoms with E-state index in [0.717, 1.165) is 45.8 Å². The summed E-state index contributed by atoms with van der Waals surface area (Å²) in [6.07, 6.45) is 1.00. The van der Waals surface area contributed by atoms with E-state index < -0.39 is 0 Å². The zero-order chi connectivity index (χ0) is 14.8. The van der Waals surface area contributed by atoms with Crippen molar-refractivity contribution in [1.29, 1.82) is 0 Å². The summed E-state index contributed by atoms with van der Waals surface area (Å²) in [5, 5.41) is 3.05. The maximum atomic E-state index is 11.2. The number of carbonyl (C=O) groups excluding carboxylic acids is 1. The second-order valence-electron chi connectivity index (χ2n) is 4.88. The van der Waals surface area contributed by atoms with Crippen LogP contribution in [-0.4, -0.2) is 69.9 Å². The minimum Gasteiger partial charge on any atom is -0.469 e. The number of aliphatic imine (C=N–C) groups is 1. The lowest BCUT2D eigenvalue weighted by Gasteiger charge is -2.26. The topological polar surface area (TPSA) is 89.2 Å². The molecule has 0 bridgehead atoms. The highest BCUT2D eigenvalue weighted by molar-refractivity contribution is 5.78. The molecule has 7 heteroatoms. The average Bonchev–Trinajstić information content (AvgIpc) is 2.49. The molecule has 1 saturated heterocycles. The van der Waals surface area contributed by atoms with E-state index in [1.54, 1.807) is 6.92 Å². The first-order valence-corrected chi connectivity index (χ1v) is 7.05. The monoisotopic (exact) mass is 286 g/mol. The number of esters is 1. The minimum atomic E-state index is -0.270. The standard InChI is InChI=1S/C13H26N4O3/c1-11(12(18)19-2)10-16-13(14)15-4-3-5-17-6-8-20-9-7-17/h11H,3-10H2,1-2H3,(H3,14,15,16). The maximum Gasteiger partial charge on any atom is 0.310 e. The molecule has 0 aromatic carbocycles. The molecule has 0 radical (unpaired) electrons. The molecule has 1 atom stereocenters. The van der Waals surface area contributed by atoms with Crippen LogP contribution in [0.5, 0.6) is 0 Å². The number of nitrogens with two attached hydrogens (primary N) is 1. The van der Waals surface area contributed by atoms with Crippen LogP contribution in [0.3, 0.4) is 0 Å². The number of rotatable bonds is 7. The van der Waals surface area contributed by atoms with Gasteiger partial charge in [-0.2, -0.15) is 0 Å². The smallest absolute Gasteiger partial charge is 0.310 e. The molecule has 1 fully saturated rings. The number of hydrogen-bond donors (Lipinski definition) is 2. The number of guanidine groups is 1. The van der Waals surface area contributed by atoms with Gasteiger partial charge < -0.3 is 20.5 Å². The van der Waals surface area contributed by atoms with E-state index in [1.165, 1.54) is 7.11 Å². The molecule has 7 nitrogen and oxygen atoms in total. The van der Waals surface area contributed by atoms with Crippen molar-refractivity contribution in [2.75, 3.05) is 53.0 Å². The van der Waals surface area contributed by atoms with Crippen LogP contribution in [0.4, 0.5) is 0 Å². The van der Waals surface area contributed by atoms with Gasteiger partial charge in [0.2, 0.25) is 0 Å². The summed E-state index contributed by atoms with van der Waals surface area (Å²) in [4.78, 5) is 17.7. The zero-order valence-electron chi connectivity index (χ0n) is 12.4. The van der Waals surface area contributed by atoms with E-state index in [-0.39, 0.29) is 11.9 Å². The first-order valence-electron chi connectivity index (χ1n) is 7.05. The lowest BCUT2D eigenvalue weighted by molar-refractivity contribution is -0.144. The fraction of sp³-hybridized carbons (Fsp3) is 0.846. The largest absolute Gasteiger partial charge is 0.469 e. The van der Waals surface area contributed by atoms with Gasteiger partial charge >= 0.3 is 5.97 Å². The zero-order valence-corrected chi connectivity index (χ0v) is 12.4. The van der Waals surface area contributed by atoms with Gasteiger partial charge in [0.15, 0.2) is 5.96 Å². The van der Waals surface area contributed by atoms with Gasteiger partial charge in [0, 0.05) is 19.6 Å². The molecule has 0 spiro atoms. The van der Waals surface area contributed by atoms with Crippen LogP contribution in [0.2, 0.25) is 0 Å². The van der Waals surface area contributed by atoms with Crippen molar-refractivity contribution in [2.24, 2.45) is 16.6 Å². The Bertz CT molecular complexity index is 317. The summed E-state index contributed by atoms with van der Waals surface area (Å²) >= 11 is 0. The van der Waals surface area contributed by atoms with Gasteiger partial charge in [-0.1, -0.05) is 6.92 Å².